The summed E-state index contributed by atoms with van der Waals surface area (Å²) < 4.78 is 1.69. The number of hydrogen-bond acceptors (Lipinski definition) is 3. The largest absolute Gasteiger partial charge is 0.339 e. The second kappa shape index (κ2) is 7.55. The quantitative estimate of drug-likeness (QED) is 0.834. The fourth-order valence-corrected chi connectivity index (χ4v) is 4.31. The molecular formula is C21H26N4O2. The number of amides is 2. The number of nitrogens with zero attached hydrogens (tertiary/aromatic N) is 4. The molecule has 0 bridgehead atoms. The van der Waals surface area contributed by atoms with E-state index in [4.69, 9.17) is 0 Å². The summed E-state index contributed by atoms with van der Waals surface area (Å²) in [7, 11) is 0. The molecule has 27 heavy (non-hydrogen) atoms. The van der Waals surface area contributed by atoms with Crippen LogP contribution in [0.1, 0.15) is 30.5 Å². The normalized spacial score (nSPS) is 22.6. The van der Waals surface area contributed by atoms with Gasteiger partial charge in [-0.1, -0.05) is 30.3 Å². The molecule has 2 aromatic rings. The zero-order valence-corrected chi connectivity index (χ0v) is 15.8. The van der Waals surface area contributed by atoms with Gasteiger partial charge in [0.25, 0.3) is 0 Å². The Kier molecular flexibility index (Phi) is 4.97. The summed E-state index contributed by atoms with van der Waals surface area (Å²) in [6.45, 7) is 4.17. The highest BCUT2D eigenvalue weighted by molar-refractivity contribution is 5.78. The van der Waals surface area contributed by atoms with E-state index in [0.29, 0.717) is 25.4 Å². The Labute approximate surface area is 159 Å². The molecule has 3 heterocycles. The molecule has 2 aliphatic heterocycles. The summed E-state index contributed by atoms with van der Waals surface area (Å²) in [4.78, 5) is 29.4. The summed E-state index contributed by atoms with van der Waals surface area (Å²) in [5, 5.41) is 4.32. The SMILES string of the molecule is Cc1ccn(CC(=O)N2C[C@H]3CCCC(=O)N(Cc4ccccc4)[C@H]3C2)n1. The van der Waals surface area contributed by atoms with E-state index in [-0.39, 0.29) is 24.4 Å². The highest BCUT2D eigenvalue weighted by Gasteiger charge is 2.41. The summed E-state index contributed by atoms with van der Waals surface area (Å²) in [5.74, 6) is 0.658. The van der Waals surface area contributed by atoms with E-state index in [0.717, 1.165) is 30.6 Å². The lowest BCUT2D eigenvalue weighted by atomic mass is 9.98. The number of aryl methyl sites for hydroxylation is 1. The van der Waals surface area contributed by atoms with Gasteiger partial charge in [0.15, 0.2) is 0 Å². The van der Waals surface area contributed by atoms with Gasteiger partial charge in [0.2, 0.25) is 11.8 Å². The average molecular weight is 366 g/mol. The van der Waals surface area contributed by atoms with E-state index in [9.17, 15) is 9.59 Å². The standard InChI is InChI=1S/C21H26N4O2/c1-16-10-11-24(22-16)15-21(27)23-13-18-8-5-9-20(26)25(19(18)14-23)12-17-6-3-2-4-7-17/h2-4,6-7,10-11,18-19H,5,8-9,12-15H2,1H3/t18-,19+/m1/s1. The Hall–Kier alpha value is -2.63. The topological polar surface area (TPSA) is 58.4 Å². The molecule has 4 rings (SSSR count). The third-order valence-corrected chi connectivity index (χ3v) is 5.71. The van der Waals surface area contributed by atoms with Crippen LogP contribution in [0.2, 0.25) is 0 Å². The maximum absolute atomic E-state index is 12.8. The number of hydrogen-bond donors (Lipinski definition) is 0. The van der Waals surface area contributed by atoms with Gasteiger partial charge >= 0.3 is 0 Å². The number of rotatable bonds is 4. The number of fused-ring (bicyclic) bond motifs is 1. The van der Waals surface area contributed by atoms with Crippen LogP contribution in [0, 0.1) is 12.8 Å². The molecule has 0 radical (unpaired) electrons. The van der Waals surface area contributed by atoms with Gasteiger partial charge in [0, 0.05) is 32.3 Å². The number of benzene rings is 1. The summed E-state index contributed by atoms with van der Waals surface area (Å²) in [6.07, 6.45) is 4.37. The minimum atomic E-state index is 0.0817. The van der Waals surface area contributed by atoms with E-state index in [2.05, 4.69) is 17.2 Å². The summed E-state index contributed by atoms with van der Waals surface area (Å²) >= 11 is 0. The number of carbonyl (C=O) groups is 2. The monoisotopic (exact) mass is 366 g/mol. The van der Waals surface area contributed by atoms with Crippen LogP contribution in [0.5, 0.6) is 0 Å². The van der Waals surface area contributed by atoms with Crippen molar-refractivity contribution >= 4 is 11.8 Å². The van der Waals surface area contributed by atoms with Crippen LogP contribution in [0.15, 0.2) is 42.6 Å². The predicted octanol–water partition coefficient (Wildman–Crippen LogP) is 2.23. The highest BCUT2D eigenvalue weighted by atomic mass is 16.2. The van der Waals surface area contributed by atoms with Crippen LogP contribution in [0.25, 0.3) is 0 Å². The molecule has 0 saturated carbocycles. The van der Waals surface area contributed by atoms with Crippen molar-refractivity contribution in [2.45, 2.75) is 45.3 Å². The molecule has 1 aromatic carbocycles. The third kappa shape index (κ3) is 3.89. The van der Waals surface area contributed by atoms with E-state index in [1.165, 1.54) is 0 Å². The number of aromatic nitrogens is 2. The number of likely N-dealkylation sites (tertiary alicyclic amines) is 2. The third-order valence-electron chi connectivity index (χ3n) is 5.71. The first-order valence-electron chi connectivity index (χ1n) is 9.71. The van der Waals surface area contributed by atoms with Gasteiger partial charge in [-0.15, -0.1) is 0 Å². The lowest BCUT2D eigenvalue weighted by molar-refractivity contribution is -0.135. The molecule has 1 aromatic heterocycles. The number of carbonyl (C=O) groups excluding carboxylic acids is 2. The van der Waals surface area contributed by atoms with Crippen molar-refractivity contribution in [3.8, 4) is 0 Å². The van der Waals surface area contributed by atoms with E-state index in [1.54, 1.807) is 4.68 Å². The Morgan fingerprint density at radius 2 is 2.00 bits per heavy atom. The molecule has 2 aliphatic rings. The zero-order chi connectivity index (χ0) is 18.8. The van der Waals surface area contributed by atoms with Crippen LogP contribution >= 0.6 is 0 Å². The van der Waals surface area contributed by atoms with Gasteiger partial charge in [-0.3, -0.25) is 14.3 Å². The van der Waals surface area contributed by atoms with E-state index < -0.39 is 0 Å². The van der Waals surface area contributed by atoms with Gasteiger partial charge in [0.1, 0.15) is 6.54 Å². The highest BCUT2D eigenvalue weighted by Crippen LogP contribution is 2.31. The van der Waals surface area contributed by atoms with Crippen molar-refractivity contribution in [1.29, 1.82) is 0 Å². The van der Waals surface area contributed by atoms with Crippen LogP contribution < -0.4 is 0 Å². The predicted molar refractivity (Wildman–Crippen MR) is 102 cm³/mol. The zero-order valence-electron chi connectivity index (χ0n) is 15.8. The van der Waals surface area contributed by atoms with Gasteiger partial charge in [-0.2, -0.15) is 5.10 Å². The first-order chi connectivity index (χ1) is 13.1. The van der Waals surface area contributed by atoms with Crippen molar-refractivity contribution in [1.82, 2.24) is 19.6 Å². The minimum Gasteiger partial charge on any atom is -0.339 e. The van der Waals surface area contributed by atoms with Crippen molar-refractivity contribution in [2.75, 3.05) is 13.1 Å². The van der Waals surface area contributed by atoms with Gasteiger partial charge < -0.3 is 9.80 Å². The summed E-state index contributed by atoms with van der Waals surface area (Å²) in [5.41, 5.74) is 2.05. The Bertz CT molecular complexity index is 817. The van der Waals surface area contributed by atoms with Crippen molar-refractivity contribution in [3.05, 3.63) is 53.9 Å². The smallest absolute Gasteiger partial charge is 0.244 e. The van der Waals surface area contributed by atoms with Crippen LogP contribution in [-0.4, -0.2) is 50.5 Å². The molecule has 142 valence electrons. The molecule has 2 amide bonds. The fourth-order valence-electron chi connectivity index (χ4n) is 4.31. The lowest BCUT2D eigenvalue weighted by Crippen LogP contribution is -2.43. The molecule has 6 heteroatoms. The second-order valence-corrected chi connectivity index (χ2v) is 7.68. The maximum atomic E-state index is 12.8. The van der Waals surface area contributed by atoms with Crippen LogP contribution in [0.3, 0.4) is 0 Å². The Balaban J connectivity index is 1.48. The van der Waals surface area contributed by atoms with Crippen LogP contribution in [-0.2, 0) is 22.7 Å². The van der Waals surface area contributed by atoms with Crippen molar-refractivity contribution in [3.63, 3.8) is 0 Å². The molecule has 2 saturated heterocycles. The van der Waals surface area contributed by atoms with Crippen molar-refractivity contribution < 1.29 is 9.59 Å². The van der Waals surface area contributed by atoms with Gasteiger partial charge in [-0.05, 0) is 37.3 Å². The summed E-state index contributed by atoms with van der Waals surface area (Å²) in [6, 6.07) is 12.1. The molecule has 6 nitrogen and oxygen atoms in total. The molecule has 0 spiro atoms. The molecule has 0 N–H and O–H groups in total. The second-order valence-electron chi connectivity index (χ2n) is 7.68. The molecular weight excluding hydrogens is 340 g/mol. The van der Waals surface area contributed by atoms with Gasteiger partial charge in [0.05, 0.1) is 11.7 Å². The first-order valence-corrected chi connectivity index (χ1v) is 9.71. The van der Waals surface area contributed by atoms with E-state index in [1.807, 2.05) is 47.2 Å². The fraction of sp³-hybridized carbons (Fsp3) is 0.476. The minimum absolute atomic E-state index is 0.0817. The van der Waals surface area contributed by atoms with E-state index >= 15 is 0 Å². The molecule has 0 aliphatic carbocycles. The Morgan fingerprint density at radius 3 is 2.74 bits per heavy atom. The molecule has 0 unspecified atom stereocenters. The molecule has 2 atom stereocenters. The average Bonchev–Trinajstić information content (AvgIpc) is 3.23. The van der Waals surface area contributed by atoms with Gasteiger partial charge in [-0.25, -0.2) is 0 Å². The maximum Gasteiger partial charge on any atom is 0.244 e. The van der Waals surface area contributed by atoms with Crippen LogP contribution in [0.4, 0.5) is 0 Å². The lowest BCUT2D eigenvalue weighted by Gasteiger charge is -2.30. The Morgan fingerprint density at radius 1 is 1.19 bits per heavy atom. The molecule has 2 fully saturated rings. The van der Waals surface area contributed by atoms with Crippen molar-refractivity contribution in [2.24, 2.45) is 5.92 Å². The first kappa shape index (κ1) is 17.8.